The number of aliphatic hydroxyl groups is 1. The largest absolute Gasteiger partial charge is 0.507 e. The number of carbonyl (C=O) groups excluding carboxylic acids is 3. The molecule has 3 aromatic rings. The number of ketones is 1. The molecule has 0 saturated carbocycles. The molecule has 41 heavy (non-hydrogen) atoms. The number of carbonyl (C=O) groups is 3. The summed E-state index contributed by atoms with van der Waals surface area (Å²) in [7, 11) is 0. The fourth-order valence-corrected chi connectivity index (χ4v) is 5.29. The minimum atomic E-state index is -1.15. The van der Waals surface area contributed by atoms with Crippen molar-refractivity contribution < 1.29 is 38.8 Å². The van der Waals surface area contributed by atoms with Crippen LogP contribution in [-0.4, -0.2) is 52.7 Å². The van der Waals surface area contributed by atoms with E-state index in [1.54, 1.807) is 38.1 Å². The number of hydrogen-bond acceptors (Lipinski definition) is 10. The Labute approximate surface area is 241 Å². The maximum absolute atomic E-state index is 13.5. The van der Waals surface area contributed by atoms with E-state index in [0.29, 0.717) is 23.6 Å². The molecular formula is C30H30N2O8S. The second-order valence-electron chi connectivity index (χ2n) is 9.00. The van der Waals surface area contributed by atoms with Crippen LogP contribution in [0.4, 0.5) is 5.13 Å². The maximum Gasteiger partial charge on any atom is 0.350 e. The number of amides is 1. The number of phenolic OH excluding ortho intramolecular Hbond substituents is 1. The number of thiazole rings is 1. The van der Waals surface area contributed by atoms with E-state index in [1.165, 1.54) is 24.3 Å². The molecule has 4 rings (SSSR count). The second-order valence-corrected chi connectivity index (χ2v) is 9.98. The molecule has 1 aromatic heterocycles. The molecule has 1 unspecified atom stereocenters. The van der Waals surface area contributed by atoms with Crippen LogP contribution >= 0.6 is 11.3 Å². The van der Waals surface area contributed by atoms with Crippen molar-refractivity contribution in [1.29, 1.82) is 0 Å². The molecule has 1 fully saturated rings. The van der Waals surface area contributed by atoms with E-state index in [1.807, 2.05) is 6.92 Å². The van der Waals surface area contributed by atoms with Gasteiger partial charge in [0.15, 0.2) is 16.6 Å². The van der Waals surface area contributed by atoms with Gasteiger partial charge >= 0.3 is 11.9 Å². The Kier molecular flexibility index (Phi) is 9.08. The second kappa shape index (κ2) is 12.7. The standard InChI is InChI=1S/C30H30N2O8S/c1-5-13-39-20-10-8-9-19(15-20)25(34)23-24(18-11-12-21(33)22(16-18)38-7-3)32(28(36)26(23)35)30-31-17(4)27(41-30)29(37)40-14-6-2/h6,8-12,15-16,24,33-34H,2,5,7,13-14H2,1,3-4H3. The Morgan fingerprint density at radius 1 is 1.17 bits per heavy atom. The van der Waals surface area contributed by atoms with Gasteiger partial charge in [-0.3, -0.25) is 14.5 Å². The summed E-state index contributed by atoms with van der Waals surface area (Å²) in [5, 5.41) is 21.8. The van der Waals surface area contributed by atoms with Gasteiger partial charge in [-0.05, 0) is 50.1 Å². The number of hydrogen-bond donors (Lipinski definition) is 2. The summed E-state index contributed by atoms with van der Waals surface area (Å²) < 4.78 is 16.4. The van der Waals surface area contributed by atoms with E-state index in [0.717, 1.165) is 22.7 Å². The van der Waals surface area contributed by atoms with Crippen molar-refractivity contribution in [2.45, 2.75) is 33.2 Å². The average molecular weight is 579 g/mol. The Hall–Kier alpha value is -4.64. The Balaban J connectivity index is 1.90. The maximum atomic E-state index is 13.5. The van der Waals surface area contributed by atoms with Gasteiger partial charge in [0.1, 0.15) is 23.0 Å². The molecule has 214 valence electrons. The van der Waals surface area contributed by atoms with Crippen LogP contribution in [0.2, 0.25) is 0 Å². The summed E-state index contributed by atoms with van der Waals surface area (Å²) in [6.45, 7) is 9.54. The zero-order chi connectivity index (χ0) is 29.7. The van der Waals surface area contributed by atoms with Crippen molar-refractivity contribution in [3.05, 3.63) is 82.4 Å². The van der Waals surface area contributed by atoms with Gasteiger partial charge in [0.2, 0.25) is 0 Å². The van der Waals surface area contributed by atoms with Crippen molar-refractivity contribution in [2.24, 2.45) is 0 Å². The summed E-state index contributed by atoms with van der Waals surface area (Å²) in [5.41, 5.74) is 0.754. The first-order chi connectivity index (χ1) is 19.7. The summed E-state index contributed by atoms with van der Waals surface area (Å²) in [5.74, 6) is -2.46. The van der Waals surface area contributed by atoms with Crippen LogP contribution < -0.4 is 14.4 Å². The third-order valence-corrected chi connectivity index (χ3v) is 7.27. The van der Waals surface area contributed by atoms with E-state index in [4.69, 9.17) is 14.2 Å². The lowest BCUT2D eigenvalue weighted by molar-refractivity contribution is -0.132. The lowest BCUT2D eigenvalue weighted by Crippen LogP contribution is -2.29. The Morgan fingerprint density at radius 3 is 2.66 bits per heavy atom. The first-order valence-electron chi connectivity index (χ1n) is 13.0. The lowest BCUT2D eigenvalue weighted by Gasteiger charge is -2.23. The van der Waals surface area contributed by atoms with Crippen molar-refractivity contribution >= 4 is 39.9 Å². The molecule has 1 saturated heterocycles. The number of ether oxygens (including phenoxy) is 3. The molecule has 1 amide bonds. The molecule has 2 aromatic carbocycles. The fraction of sp³-hybridized carbons (Fsp3) is 0.267. The van der Waals surface area contributed by atoms with Gasteiger partial charge in [0, 0.05) is 5.56 Å². The number of rotatable bonds is 11. The number of aromatic nitrogens is 1. The van der Waals surface area contributed by atoms with E-state index >= 15 is 0 Å². The normalized spacial score (nSPS) is 16.1. The number of aliphatic hydroxyl groups excluding tert-OH is 1. The van der Waals surface area contributed by atoms with Crippen molar-refractivity contribution in [3.8, 4) is 17.2 Å². The minimum absolute atomic E-state index is 0.00916. The van der Waals surface area contributed by atoms with Crippen LogP contribution in [0.1, 0.15) is 52.8 Å². The number of Topliss-reactive ketones (excluding diaryl/α,β-unsaturated/α-hetero) is 1. The highest BCUT2D eigenvalue weighted by Gasteiger charge is 2.48. The Morgan fingerprint density at radius 2 is 1.95 bits per heavy atom. The number of aryl methyl sites for hydroxylation is 1. The molecular weight excluding hydrogens is 548 g/mol. The molecule has 2 N–H and O–H groups in total. The van der Waals surface area contributed by atoms with Gasteiger partial charge < -0.3 is 24.4 Å². The SMILES string of the molecule is C=CCOC(=O)c1sc(N2C(=O)C(=O)C(=C(O)c3cccc(OCCC)c3)C2c2ccc(O)c(OCC)c2)nc1C. The fourth-order valence-electron chi connectivity index (χ4n) is 4.30. The first kappa shape index (κ1) is 29.3. The first-order valence-corrected chi connectivity index (χ1v) is 13.8. The molecule has 0 spiro atoms. The zero-order valence-corrected chi connectivity index (χ0v) is 23.7. The zero-order valence-electron chi connectivity index (χ0n) is 22.9. The van der Waals surface area contributed by atoms with Crippen LogP contribution in [0.3, 0.4) is 0 Å². The van der Waals surface area contributed by atoms with Gasteiger partial charge in [0.25, 0.3) is 5.78 Å². The van der Waals surface area contributed by atoms with E-state index in [2.05, 4.69) is 11.6 Å². The van der Waals surface area contributed by atoms with Gasteiger partial charge in [0.05, 0.1) is 30.5 Å². The van der Waals surface area contributed by atoms with Crippen molar-refractivity contribution in [1.82, 2.24) is 4.98 Å². The van der Waals surface area contributed by atoms with E-state index in [9.17, 15) is 24.6 Å². The molecule has 1 aliphatic heterocycles. The topological polar surface area (TPSA) is 135 Å². The Bertz CT molecular complexity index is 1530. The highest BCUT2D eigenvalue weighted by Crippen LogP contribution is 2.45. The van der Waals surface area contributed by atoms with Gasteiger partial charge in [-0.25, -0.2) is 9.78 Å². The highest BCUT2D eigenvalue weighted by molar-refractivity contribution is 7.17. The smallest absolute Gasteiger partial charge is 0.350 e. The molecule has 1 atom stereocenters. The predicted octanol–water partition coefficient (Wildman–Crippen LogP) is 5.31. The average Bonchev–Trinajstić information content (AvgIpc) is 3.47. The molecule has 0 aliphatic carbocycles. The quantitative estimate of drug-likeness (QED) is 0.102. The molecule has 10 nitrogen and oxygen atoms in total. The number of anilines is 1. The van der Waals surface area contributed by atoms with Gasteiger partial charge in [-0.2, -0.15) is 0 Å². The summed E-state index contributed by atoms with van der Waals surface area (Å²) in [6, 6.07) is 9.82. The molecule has 11 heteroatoms. The predicted molar refractivity (Wildman–Crippen MR) is 154 cm³/mol. The van der Waals surface area contributed by atoms with Crippen LogP contribution in [0.5, 0.6) is 17.2 Å². The number of esters is 1. The highest BCUT2D eigenvalue weighted by atomic mass is 32.1. The summed E-state index contributed by atoms with van der Waals surface area (Å²) in [6.07, 6.45) is 2.21. The third-order valence-electron chi connectivity index (χ3n) is 6.13. The molecule has 2 heterocycles. The van der Waals surface area contributed by atoms with E-state index in [-0.39, 0.29) is 45.9 Å². The third kappa shape index (κ3) is 5.94. The summed E-state index contributed by atoms with van der Waals surface area (Å²) >= 11 is 0.886. The lowest BCUT2D eigenvalue weighted by atomic mass is 9.95. The molecule has 1 aliphatic rings. The number of nitrogens with zero attached hydrogens (tertiary/aromatic N) is 2. The van der Waals surface area contributed by atoms with Gasteiger partial charge in [-0.1, -0.05) is 49.1 Å². The minimum Gasteiger partial charge on any atom is -0.507 e. The van der Waals surface area contributed by atoms with Crippen molar-refractivity contribution in [2.75, 3.05) is 24.7 Å². The van der Waals surface area contributed by atoms with Crippen LogP contribution in [0.25, 0.3) is 5.76 Å². The number of benzene rings is 2. The molecule has 0 bridgehead atoms. The van der Waals surface area contributed by atoms with Crippen LogP contribution in [0, 0.1) is 6.92 Å². The van der Waals surface area contributed by atoms with Crippen LogP contribution in [-0.2, 0) is 14.3 Å². The van der Waals surface area contributed by atoms with Gasteiger partial charge in [-0.15, -0.1) is 0 Å². The van der Waals surface area contributed by atoms with E-state index < -0.39 is 29.5 Å². The number of aromatic hydroxyl groups is 1. The van der Waals surface area contributed by atoms with Crippen LogP contribution in [0.15, 0.2) is 60.7 Å². The molecule has 0 radical (unpaired) electrons. The monoisotopic (exact) mass is 578 g/mol. The number of phenols is 1. The van der Waals surface area contributed by atoms with Crippen molar-refractivity contribution in [3.63, 3.8) is 0 Å². The summed E-state index contributed by atoms with van der Waals surface area (Å²) in [4.78, 5) is 45.4.